The maximum atomic E-state index is 11.6. The Hall–Kier alpha value is -1.84. The Kier molecular flexibility index (Phi) is 9.38. The maximum absolute atomic E-state index is 11.6. The molecule has 30 heavy (non-hydrogen) atoms. The van der Waals surface area contributed by atoms with E-state index in [-0.39, 0.29) is 42.1 Å². The summed E-state index contributed by atoms with van der Waals surface area (Å²) in [5.41, 5.74) is -0.949. The van der Waals surface area contributed by atoms with E-state index in [1.165, 1.54) is 14.0 Å². The molecular formula is C24H36O6. The van der Waals surface area contributed by atoms with E-state index < -0.39 is 5.60 Å². The first-order chi connectivity index (χ1) is 14.3. The predicted molar refractivity (Wildman–Crippen MR) is 113 cm³/mol. The van der Waals surface area contributed by atoms with Crippen LogP contribution in [0.2, 0.25) is 0 Å². The van der Waals surface area contributed by atoms with Crippen molar-refractivity contribution >= 4 is 11.9 Å². The van der Waals surface area contributed by atoms with Crippen LogP contribution in [0.5, 0.6) is 0 Å². The first kappa shape index (κ1) is 24.4. The van der Waals surface area contributed by atoms with Gasteiger partial charge in [-0.3, -0.25) is 9.59 Å². The van der Waals surface area contributed by atoms with E-state index in [0.29, 0.717) is 25.7 Å². The fraction of sp³-hybridized carbons (Fsp3) is 0.750. The monoisotopic (exact) mass is 420 g/mol. The quantitative estimate of drug-likeness (QED) is 0.252. The average Bonchev–Trinajstić information content (AvgIpc) is 3.20. The number of carbonyl (C=O) groups is 2. The molecular weight excluding hydrogens is 384 g/mol. The van der Waals surface area contributed by atoms with Gasteiger partial charge >= 0.3 is 11.9 Å². The Labute approximate surface area is 180 Å². The molecule has 1 aliphatic heterocycles. The molecule has 2 aliphatic rings. The standard InChI is InChI=1S/C24H36O6/c1-5-6-9-13-24(3,27)14-12-19-20-15-18(10-7-8-11-23(26)28-4)30-22(20)16-21(19)29-17(2)25/h12,14,18-22,27H,7-11,13,15-16H2,1-4H3/b14-12+/t18-,19-,20-,21-,22+,24?/m1/s1. The minimum absolute atomic E-state index is 0.0303. The highest BCUT2D eigenvalue weighted by atomic mass is 16.6. The lowest BCUT2D eigenvalue weighted by molar-refractivity contribution is -0.148. The minimum atomic E-state index is -0.949. The third-order valence-corrected chi connectivity index (χ3v) is 6.08. The van der Waals surface area contributed by atoms with Crippen LogP contribution in [0.3, 0.4) is 0 Å². The van der Waals surface area contributed by atoms with Gasteiger partial charge in [0.15, 0.2) is 0 Å². The van der Waals surface area contributed by atoms with Crippen LogP contribution in [-0.4, -0.2) is 48.1 Å². The summed E-state index contributed by atoms with van der Waals surface area (Å²) >= 11 is 0. The molecule has 1 unspecified atom stereocenters. The van der Waals surface area contributed by atoms with E-state index >= 15 is 0 Å². The van der Waals surface area contributed by atoms with Gasteiger partial charge < -0.3 is 19.3 Å². The molecule has 0 spiro atoms. The summed E-state index contributed by atoms with van der Waals surface area (Å²) in [6.45, 7) is 5.00. The molecule has 1 N–H and O–H groups in total. The van der Waals surface area contributed by atoms with Crippen LogP contribution in [0.1, 0.15) is 72.1 Å². The van der Waals surface area contributed by atoms with Crippen molar-refractivity contribution in [3.63, 3.8) is 0 Å². The zero-order valence-electron chi connectivity index (χ0n) is 18.7. The van der Waals surface area contributed by atoms with Crippen molar-refractivity contribution in [1.82, 2.24) is 0 Å². The summed E-state index contributed by atoms with van der Waals surface area (Å²) in [5.74, 6) is 5.66. The number of aliphatic hydroxyl groups is 1. The van der Waals surface area contributed by atoms with Crippen molar-refractivity contribution in [2.75, 3.05) is 7.11 Å². The minimum Gasteiger partial charge on any atom is -0.469 e. The summed E-state index contributed by atoms with van der Waals surface area (Å²) in [6.07, 6.45) is 9.68. The van der Waals surface area contributed by atoms with Crippen molar-refractivity contribution in [3.05, 3.63) is 12.2 Å². The van der Waals surface area contributed by atoms with Crippen LogP contribution < -0.4 is 0 Å². The zero-order valence-corrected chi connectivity index (χ0v) is 18.7. The van der Waals surface area contributed by atoms with Gasteiger partial charge in [-0.15, -0.1) is 11.8 Å². The van der Waals surface area contributed by atoms with Crippen molar-refractivity contribution in [3.8, 4) is 11.8 Å². The highest BCUT2D eigenvalue weighted by Crippen LogP contribution is 2.46. The second-order valence-corrected chi connectivity index (χ2v) is 8.62. The third kappa shape index (κ3) is 7.45. The zero-order chi connectivity index (χ0) is 22.1. The molecule has 1 aliphatic carbocycles. The first-order valence-electron chi connectivity index (χ1n) is 11.0. The van der Waals surface area contributed by atoms with Crippen LogP contribution in [0.15, 0.2) is 12.2 Å². The first-order valence-corrected chi connectivity index (χ1v) is 11.0. The molecule has 0 bridgehead atoms. The van der Waals surface area contributed by atoms with Gasteiger partial charge in [0.2, 0.25) is 0 Å². The fourth-order valence-corrected chi connectivity index (χ4v) is 4.53. The van der Waals surface area contributed by atoms with Crippen molar-refractivity contribution in [2.45, 2.75) is 96.1 Å². The van der Waals surface area contributed by atoms with Gasteiger partial charge in [0, 0.05) is 32.1 Å². The van der Waals surface area contributed by atoms with Gasteiger partial charge in [-0.25, -0.2) is 0 Å². The number of methoxy groups -OCH3 is 1. The third-order valence-electron chi connectivity index (χ3n) is 6.08. The number of unbranched alkanes of at least 4 members (excludes halogenated alkanes) is 1. The number of hydrogen-bond acceptors (Lipinski definition) is 6. The molecule has 168 valence electrons. The molecule has 0 amide bonds. The molecule has 2 fully saturated rings. The van der Waals surface area contributed by atoms with E-state index in [1.54, 1.807) is 13.8 Å². The Morgan fingerprint density at radius 2 is 2.07 bits per heavy atom. The lowest BCUT2D eigenvalue weighted by atomic mass is 9.87. The predicted octanol–water partition coefficient (Wildman–Crippen LogP) is 3.56. The van der Waals surface area contributed by atoms with Gasteiger partial charge in [0.25, 0.3) is 0 Å². The summed E-state index contributed by atoms with van der Waals surface area (Å²) in [6, 6.07) is 0. The molecule has 1 saturated heterocycles. The number of carbonyl (C=O) groups excluding carboxylic acids is 2. The van der Waals surface area contributed by atoms with E-state index in [0.717, 1.165) is 25.7 Å². The molecule has 6 heteroatoms. The molecule has 0 aromatic carbocycles. The van der Waals surface area contributed by atoms with Gasteiger partial charge in [-0.1, -0.05) is 18.6 Å². The van der Waals surface area contributed by atoms with Gasteiger partial charge in [-0.05, 0) is 45.4 Å². The highest BCUT2D eigenvalue weighted by molar-refractivity contribution is 5.69. The number of rotatable bonds is 10. The molecule has 1 heterocycles. The van der Waals surface area contributed by atoms with E-state index in [4.69, 9.17) is 9.47 Å². The topological polar surface area (TPSA) is 82.1 Å². The van der Waals surface area contributed by atoms with Gasteiger partial charge in [0.05, 0.1) is 24.9 Å². The second-order valence-electron chi connectivity index (χ2n) is 8.62. The van der Waals surface area contributed by atoms with E-state index in [1.807, 2.05) is 12.2 Å². The van der Waals surface area contributed by atoms with Crippen LogP contribution >= 0.6 is 0 Å². The van der Waals surface area contributed by atoms with E-state index in [2.05, 4.69) is 16.6 Å². The Morgan fingerprint density at radius 1 is 1.30 bits per heavy atom. The molecule has 0 radical (unpaired) electrons. The SMILES string of the molecule is CC#CCCC(C)(O)/C=C/[C@@H]1[C@H]2C[C@@H](CCCCC(=O)OC)O[C@H]2C[C@H]1OC(C)=O. The summed E-state index contributed by atoms with van der Waals surface area (Å²) in [4.78, 5) is 22.8. The average molecular weight is 421 g/mol. The number of fused-ring (bicyclic) bond motifs is 1. The summed E-state index contributed by atoms with van der Waals surface area (Å²) in [7, 11) is 1.41. The van der Waals surface area contributed by atoms with Gasteiger partial charge in [0.1, 0.15) is 6.10 Å². The summed E-state index contributed by atoms with van der Waals surface area (Å²) < 4.78 is 16.5. The smallest absolute Gasteiger partial charge is 0.305 e. The lowest BCUT2D eigenvalue weighted by Gasteiger charge is -2.23. The van der Waals surface area contributed by atoms with Crippen LogP contribution in [0, 0.1) is 23.7 Å². The Bertz CT molecular complexity index is 671. The highest BCUT2D eigenvalue weighted by Gasteiger charge is 2.49. The molecule has 1 saturated carbocycles. The molecule has 0 aromatic rings. The molecule has 6 nitrogen and oxygen atoms in total. The number of esters is 2. The Morgan fingerprint density at radius 3 is 2.73 bits per heavy atom. The number of ether oxygens (including phenoxy) is 3. The number of hydrogen-bond donors (Lipinski definition) is 1. The molecule has 6 atom stereocenters. The molecule has 2 rings (SSSR count). The van der Waals surface area contributed by atoms with E-state index in [9.17, 15) is 14.7 Å². The maximum Gasteiger partial charge on any atom is 0.305 e. The fourth-order valence-electron chi connectivity index (χ4n) is 4.53. The normalized spacial score (nSPS) is 29.7. The van der Waals surface area contributed by atoms with Gasteiger partial charge in [-0.2, -0.15) is 0 Å². The van der Waals surface area contributed by atoms with Crippen LogP contribution in [0.25, 0.3) is 0 Å². The largest absolute Gasteiger partial charge is 0.469 e. The Balaban J connectivity index is 1.95. The van der Waals surface area contributed by atoms with Crippen molar-refractivity contribution in [2.24, 2.45) is 11.8 Å². The van der Waals surface area contributed by atoms with Crippen LogP contribution in [-0.2, 0) is 23.8 Å². The lowest BCUT2D eigenvalue weighted by Crippen LogP contribution is -2.26. The van der Waals surface area contributed by atoms with Crippen molar-refractivity contribution in [1.29, 1.82) is 0 Å². The summed E-state index contributed by atoms with van der Waals surface area (Å²) in [5, 5.41) is 10.6. The van der Waals surface area contributed by atoms with Crippen molar-refractivity contribution < 1.29 is 28.9 Å². The van der Waals surface area contributed by atoms with Crippen LogP contribution in [0.4, 0.5) is 0 Å². The molecule has 0 aromatic heterocycles. The second kappa shape index (κ2) is 11.5.